The van der Waals surface area contributed by atoms with Crippen LogP contribution in [-0.2, 0) is 0 Å². The molecule has 90 valence electrons. The van der Waals surface area contributed by atoms with Gasteiger partial charge in [-0.1, -0.05) is 46.0 Å². The molecule has 1 heteroatoms. The van der Waals surface area contributed by atoms with E-state index in [4.69, 9.17) is 0 Å². The summed E-state index contributed by atoms with van der Waals surface area (Å²) in [4.78, 5) is 0. The van der Waals surface area contributed by atoms with Gasteiger partial charge in [-0.05, 0) is 37.5 Å². The molecule has 0 aromatic carbocycles. The first-order chi connectivity index (χ1) is 7.22. The molecule has 0 amide bonds. The van der Waals surface area contributed by atoms with Crippen molar-refractivity contribution in [1.82, 2.24) is 0 Å². The first-order valence-electron chi connectivity index (χ1n) is 6.86. The first kappa shape index (κ1) is 13.0. The van der Waals surface area contributed by atoms with Crippen LogP contribution < -0.4 is 0 Å². The average molecular weight is 214 g/mol. The van der Waals surface area contributed by atoms with Gasteiger partial charge in [-0.2, -0.15) is 0 Å². The highest BCUT2D eigenvalue weighted by molar-refractivity contribution is 4.72. The average Bonchev–Trinajstić information content (AvgIpc) is 2.21. The number of hydrogen-bond acceptors (Lipinski definition) is 0. The smallest absolute Gasteiger partial charge is 0.100 e. The zero-order chi connectivity index (χ0) is 11.1. The Hall–Kier alpha value is -0.0700. The minimum atomic E-state index is -0.486. The summed E-state index contributed by atoms with van der Waals surface area (Å²) in [7, 11) is 0. The molecular weight excluding hydrogens is 187 g/mol. The molecule has 0 aliphatic heterocycles. The van der Waals surface area contributed by atoms with Gasteiger partial charge in [0.1, 0.15) is 6.17 Å². The van der Waals surface area contributed by atoms with Crippen LogP contribution in [0.2, 0.25) is 0 Å². The lowest BCUT2D eigenvalue weighted by Crippen LogP contribution is -2.15. The molecule has 15 heavy (non-hydrogen) atoms. The van der Waals surface area contributed by atoms with Gasteiger partial charge in [0.05, 0.1) is 0 Å². The van der Waals surface area contributed by atoms with E-state index in [1.807, 2.05) is 0 Å². The van der Waals surface area contributed by atoms with E-state index in [0.717, 1.165) is 37.5 Å². The summed E-state index contributed by atoms with van der Waals surface area (Å²) in [5.74, 6) is 1.73. The number of alkyl halides is 1. The maximum absolute atomic E-state index is 12.9. The maximum Gasteiger partial charge on any atom is 0.100 e. The SMILES string of the molecule is CCCC(C)CCCC1CCC(F)CC1. The monoisotopic (exact) mass is 214 g/mol. The summed E-state index contributed by atoms with van der Waals surface area (Å²) >= 11 is 0. The second kappa shape index (κ2) is 7.24. The summed E-state index contributed by atoms with van der Waals surface area (Å²) in [6.07, 6.45) is 10.2. The van der Waals surface area contributed by atoms with Crippen LogP contribution in [0.3, 0.4) is 0 Å². The van der Waals surface area contributed by atoms with Crippen LogP contribution in [0, 0.1) is 11.8 Å². The Morgan fingerprint density at radius 1 is 1.13 bits per heavy atom. The van der Waals surface area contributed by atoms with Crippen molar-refractivity contribution in [1.29, 1.82) is 0 Å². The van der Waals surface area contributed by atoms with Crippen molar-refractivity contribution in [3.05, 3.63) is 0 Å². The molecule has 0 spiro atoms. The van der Waals surface area contributed by atoms with E-state index in [9.17, 15) is 4.39 Å². The van der Waals surface area contributed by atoms with Gasteiger partial charge in [0, 0.05) is 0 Å². The molecule has 1 saturated carbocycles. The third kappa shape index (κ3) is 5.53. The third-order valence-electron chi connectivity index (χ3n) is 3.87. The van der Waals surface area contributed by atoms with Crippen LogP contribution >= 0.6 is 0 Å². The molecule has 0 aromatic rings. The van der Waals surface area contributed by atoms with Crippen molar-refractivity contribution in [2.75, 3.05) is 0 Å². The molecule has 0 saturated heterocycles. The largest absolute Gasteiger partial charge is 0.247 e. The standard InChI is InChI=1S/C14H27F/c1-3-5-12(2)6-4-7-13-8-10-14(15)11-9-13/h12-14H,3-11H2,1-2H3. The molecule has 0 heterocycles. The summed E-state index contributed by atoms with van der Waals surface area (Å²) in [5.41, 5.74) is 0. The Morgan fingerprint density at radius 2 is 1.80 bits per heavy atom. The lowest BCUT2D eigenvalue weighted by atomic mass is 9.84. The van der Waals surface area contributed by atoms with Crippen molar-refractivity contribution < 1.29 is 4.39 Å². The maximum atomic E-state index is 12.9. The van der Waals surface area contributed by atoms with Crippen LogP contribution in [0.25, 0.3) is 0 Å². The van der Waals surface area contributed by atoms with Crippen LogP contribution in [0.5, 0.6) is 0 Å². The van der Waals surface area contributed by atoms with Crippen molar-refractivity contribution in [3.63, 3.8) is 0 Å². The highest BCUT2D eigenvalue weighted by Crippen LogP contribution is 2.30. The predicted molar refractivity (Wildman–Crippen MR) is 64.8 cm³/mol. The zero-order valence-corrected chi connectivity index (χ0v) is 10.5. The van der Waals surface area contributed by atoms with E-state index >= 15 is 0 Å². The summed E-state index contributed by atoms with van der Waals surface area (Å²) in [6.45, 7) is 4.63. The number of hydrogen-bond donors (Lipinski definition) is 0. The molecule has 1 atom stereocenters. The molecule has 1 fully saturated rings. The number of rotatable bonds is 6. The molecule has 0 aromatic heterocycles. The fraction of sp³-hybridized carbons (Fsp3) is 1.00. The second-order valence-electron chi connectivity index (χ2n) is 5.44. The van der Waals surface area contributed by atoms with Crippen molar-refractivity contribution in [2.24, 2.45) is 11.8 Å². The van der Waals surface area contributed by atoms with Crippen LogP contribution in [0.1, 0.15) is 71.6 Å². The topological polar surface area (TPSA) is 0 Å². The van der Waals surface area contributed by atoms with Crippen LogP contribution in [0.15, 0.2) is 0 Å². The fourth-order valence-electron chi connectivity index (χ4n) is 2.80. The summed E-state index contributed by atoms with van der Waals surface area (Å²) in [5, 5.41) is 0. The first-order valence-corrected chi connectivity index (χ1v) is 6.86. The van der Waals surface area contributed by atoms with Crippen molar-refractivity contribution >= 4 is 0 Å². The number of halogens is 1. The normalized spacial score (nSPS) is 29.0. The highest BCUT2D eigenvalue weighted by atomic mass is 19.1. The Kier molecular flexibility index (Phi) is 6.28. The Bertz CT molecular complexity index is 147. The Morgan fingerprint density at radius 3 is 2.40 bits per heavy atom. The summed E-state index contributed by atoms with van der Waals surface area (Å²) < 4.78 is 12.9. The van der Waals surface area contributed by atoms with Gasteiger partial charge in [0.25, 0.3) is 0 Å². The molecule has 1 unspecified atom stereocenters. The third-order valence-corrected chi connectivity index (χ3v) is 3.87. The molecular formula is C14H27F. The minimum Gasteiger partial charge on any atom is -0.247 e. The molecule has 0 bridgehead atoms. The van der Waals surface area contributed by atoms with Gasteiger partial charge in [-0.3, -0.25) is 0 Å². The minimum absolute atomic E-state index is 0.486. The van der Waals surface area contributed by atoms with Gasteiger partial charge in [0.2, 0.25) is 0 Å². The molecule has 0 nitrogen and oxygen atoms in total. The van der Waals surface area contributed by atoms with E-state index in [-0.39, 0.29) is 0 Å². The van der Waals surface area contributed by atoms with Crippen LogP contribution in [0.4, 0.5) is 4.39 Å². The predicted octanol–water partition coefficient (Wildman–Crippen LogP) is 5.12. The second-order valence-corrected chi connectivity index (χ2v) is 5.44. The van der Waals surface area contributed by atoms with E-state index in [0.29, 0.717) is 0 Å². The van der Waals surface area contributed by atoms with Crippen molar-refractivity contribution in [3.8, 4) is 0 Å². The lowest BCUT2D eigenvalue weighted by Gasteiger charge is -2.24. The van der Waals surface area contributed by atoms with Gasteiger partial charge in [-0.15, -0.1) is 0 Å². The molecule has 1 rings (SSSR count). The Balaban J connectivity index is 2.00. The zero-order valence-electron chi connectivity index (χ0n) is 10.5. The van der Waals surface area contributed by atoms with Gasteiger partial charge in [-0.25, -0.2) is 4.39 Å². The van der Waals surface area contributed by atoms with E-state index in [2.05, 4.69) is 13.8 Å². The molecule has 0 N–H and O–H groups in total. The van der Waals surface area contributed by atoms with E-state index < -0.39 is 6.17 Å². The Labute approximate surface area is 94.6 Å². The van der Waals surface area contributed by atoms with Gasteiger partial charge >= 0.3 is 0 Å². The van der Waals surface area contributed by atoms with E-state index in [1.54, 1.807) is 0 Å². The highest BCUT2D eigenvalue weighted by Gasteiger charge is 2.20. The summed E-state index contributed by atoms with van der Waals surface area (Å²) in [6, 6.07) is 0. The quantitative estimate of drug-likeness (QED) is 0.575. The van der Waals surface area contributed by atoms with Gasteiger partial charge in [0.15, 0.2) is 0 Å². The van der Waals surface area contributed by atoms with E-state index in [1.165, 1.54) is 32.1 Å². The lowest BCUT2D eigenvalue weighted by molar-refractivity contribution is 0.198. The van der Waals surface area contributed by atoms with Crippen LogP contribution in [-0.4, -0.2) is 6.17 Å². The molecule has 1 aliphatic carbocycles. The molecule has 0 radical (unpaired) electrons. The van der Waals surface area contributed by atoms with Gasteiger partial charge < -0.3 is 0 Å². The van der Waals surface area contributed by atoms with Crippen molar-refractivity contribution in [2.45, 2.75) is 77.8 Å². The fourth-order valence-corrected chi connectivity index (χ4v) is 2.80. The molecule has 1 aliphatic rings.